The number of methoxy groups -OCH3 is 1. The molecular weight excluding hydrogens is 248 g/mol. The van der Waals surface area contributed by atoms with Crippen LogP contribution >= 0.6 is 0 Å². The van der Waals surface area contributed by atoms with Gasteiger partial charge in [-0.2, -0.15) is 4.98 Å². The molecule has 2 rings (SSSR count). The van der Waals surface area contributed by atoms with Crippen LogP contribution in [0.4, 0.5) is 0 Å². The standard InChI is InChI=1S/C13H14N2O4/c1-8(18-2)7-11-14-12(19-15-11)9-5-3-4-6-10(9)13(16)17/h3-6,8H,7H2,1-2H3,(H,16,17). The molecule has 0 aliphatic carbocycles. The predicted octanol–water partition coefficient (Wildman–Crippen LogP) is 2.01. The summed E-state index contributed by atoms with van der Waals surface area (Å²) in [6.45, 7) is 1.89. The van der Waals surface area contributed by atoms with Crippen LogP contribution in [0.3, 0.4) is 0 Å². The molecule has 0 aliphatic heterocycles. The third kappa shape index (κ3) is 2.97. The number of ether oxygens (including phenoxy) is 1. The maximum absolute atomic E-state index is 11.1. The van der Waals surface area contributed by atoms with E-state index in [2.05, 4.69) is 10.1 Å². The zero-order valence-corrected chi connectivity index (χ0v) is 10.7. The Kier molecular flexibility index (Phi) is 3.91. The first-order valence-corrected chi connectivity index (χ1v) is 5.80. The highest BCUT2D eigenvalue weighted by atomic mass is 16.5. The second kappa shape index (κ2) is 5.62. The monoisotopic (exact) mass is 262 g/mol. The van der Waals surface area contributed by atoms with Crippen molar-refractivity contribution < 1.29 is 19.2 Å². The summed E-state index contributed by atoms with van der Waals surface area (Å²) in [6, 6.07) is 6.51. The highest BCUT2D eigenvalue weighted by Crippen LogP contribution is 2.22. The molecular formula is C13H14N2O4. The molecule has 6 nitrogen and oxygen atoms in total. The van der Waals surface area contributed by atoms with E-state index in [0.29, 0.717) is 17.8 Å². The number of aromatic nitrogens is 2. The molecule has 1 unspecified atom stereocenters. The average molecular weight is 262 g/mol. The summed E-state index contributed by atoms with van der Waals surface area (Å²) in [5.41, 5.74) is 0.552. The third-order valence-corrected chi connectivity index (χ3v) is 2.73. The molecule has 0 amide bonds. The molecule has 0 saturated heterocycles. The average Bonchev–Trinajstić information content (AvgIpc) is 2.86. The molecule has 0 spiro atoms. The second-order valence-corrected chi connectivity index (χ2v) is 4.12. The van der Waals surface area contributed by atoms with Crippen LogP contribution in [-0.2, 0) is 11.2 Å². The van der Waals surface area contributed by atoms with Gasteiger partial charge in [-0.1, -0.05) is 17.3 Å². The minimum Gasteiger partial charge on any atom is -0.478 e. The minimum atomic E-state index is -1.03. The first-order valence-electron chi connectivity index (χ1n) is 5.80. The van der Waals surface area contributed by atoms with Gasteiger partial charge in [-0.15, -0.1) is 0 Å². The molecule has 6 heteroatoms. The number of hydrogen-bond donors (Lipinski definition) is 1. The van der Waals surface area contributed by atoms with E-state index in [0.717, 1.165) is 0 Å². The number of carboxylic acid groups (broad SMARTS) is 1. The normalized spacial score (nSPS) is 12.3. The van der Waals surface area contributed by atoms with Gasteiger partial charge in [0.1, 0.15) is 0 Å². The quantitative estimate of drug-likeness (QED) is 0.887. The van der Waals surface area contributed by atoms with E-state index in [1.54, 1.807) is 25.3 Å². The minimum absolute atomic E-state index is 0.0276. The Hall–Kier alpha value is -2.21. The largest absolute Gasteiger partial charge is 0.478 e. The van der Waals surface area contributed by atoms with Crippen molar-refractivity contribution in [3.05, 3.63) is 35.7 Å². The van der Waals surface area contributed by atoms with Gasteiger partial charge in [0.05, 0.1) is 17.2 Å². The van der Waals surface area contributed by atoms with Crippen LogP contribution in [0.15, 0.2) is 28.8 Å². The lowest BCUT2D eigenvalue weighted by atomic mass is 10.1. The Morgan fingerprint density at radius 3 is 2.89 bits per heavy atom. The number of benzene rings is 1. The summed E-state index contributed by atoms with van der Waals surface area (Å²) >= 11 is 0. The van der Waals surface area contributed by atoms with Crippen molar-refractivity contribution in [2.24, 2.45) is 0 Å². The van der Waals surface area contributed by atoms with E-state index >= 15 is 0 Å². The summed E-state index contributed by atoms with van der Waals surface area (Å²) in [4.78, 5) is 15.3. The van der Waals surface area contributed by atoms with E-state index < -0.39 is 5.97 Å². The second-order valence-electron chi connectivity index (χ2n) is 4.12. The fourth-order valence-electron chi connectivity index (χ4n) is 1.64. The number of aromatic carboxylic acids is 1. The summed E-state index contributed by atoms with van der Waals surface area (Å²) in [5, 5.41) is 12.9. The topological polar surface area (TPSA) is 85.5 Å². The van der Waals surface area contributed by atoms with Crippen molar-refractivity contribution in [3.63, 3.8) is 0 Å². The van der Waals surface area contributed by atoms with Crippen LogP contribution in [0, 0.1) is 0 Å². The number of nitrogens with zero attached hydrogens (tertiary/aromatic N) is 2. The van der Waals surface area contributed by atoms with Crippen molar-refractivity contribution in [3.8, 4) is 11.5 Å². The molecule has 100 valence electrons. The molecule has 0 radical (unpaired) electrons. The summed E-state index contributed by atoms with van der Waals surface area (Å²) in [7, 11) is 1.60. The van der Waals surface area contributed by atoms with E-state index in [4.69, 9.17) is 14.4 Å². The molecule has 19 heavy (non-hydrogen) atoms. The van der Waals surface area contributed by atoms with Gasteiger partial charge < -0.3 is 14.4 Å². The van der Waals surface area contributed by atoms with E-state index in [1.807, 2.05) is 6.92 Å². The molecule has 0 bridgehead atoms. The lowest BCUT2D eigenvalue weighted by Crippen LogP contribution is -2.09. The van der Waals surface area contributed by atoms with Crippen molar-refractivity contribution in [1.82, 2.24) is 10.1 Å². The fourth-order valence-corrected chi connectivity index (χ4v) is 1.64. The SMILES string of the molecule is COC(C)Cc1noc(-c2ccccc2C(=O)O)n1. The highest BCUT2D eigenvalue weighted by Gasteiger charge is 2.17. The molecule has 2 aromatic rings. The molecule has 1 heterocycles. The Bertz CT molecular complexity index is 580. The van der Waals surface area contributed by atoms with Crippen molar-refractivity contribution in [2.45, 2.75) is 19.4 Å². The van der Waals surface area contributed by atoms with E-state index in [1.165, 1.54) is 6.07 Å². The number of carboxylic acids is 1. The first kappa shape index (κ1) is 13.2. The summed E-state index contributed by atoms with van der Waals surface area (Å²) in [6.07, 6.45) is 0.482. The molecule has 1 aromatic carbocycles. The molecule has 0 saturated carbocycles. The van der Waals surface area contributed by atoms with Gasteiger partial charge in [-0.05, 0) is 19.1 Å². The van der Waals surface area contributed by atoms with Crippen molar-refractivity contribution >= 4 is 5.97 Å². The molecule has 0 aliphatic rings. The molecule has 0 fully saturated rings. The zero-order valence-electron chi connectivity index (χ0n) is 10.7. The summed E-state index contributed by atoms with van der Waals surface area (Å²) < 4.78 is 10.2. The molecule has 1 atom stereocenters. The van der Waals surface area contributed by atoms with Crippen LogP contribution in [-0.4, -0.2) is 34.4 Å². The Balaban J connectivity index is 2.30. The number of hydrogen-bond acceptors (Lipinski definition) is 5. The fraction of sp³-hybridized carbons (Fsp3) is 0.308. The van der Waals surface area contributed by atoms with Gasteiger partial charge in [0.15, 0.2) is 5.82 Å². The van der Waals surface area contributed by atoms with Crippen LogP contribution in [0.5, 0.6) is 0 Å². The summed E-state index contributed by atoms with van der Waals surface area (Å²) in [5.74, 6) is -0.332. The van der Waals surface area contributed by atoms with Gasteiger partial charge in [-0.3, -0.25) is 0 Å². The van der Waals surface area contributed by atoms with Gasteiger partial charge in [0.2, 0.25) is 0 Å². The van der Waals surface area contributed by atoms with Crippen LogP contribution in [0.1, 0.15) is 23.1 Å². The van der Waals surface area contributed by atoms with Crippen molar-refractivity contribution in [1.29, 1.82) is 0 Å². The van der Waals surface area contributed by atoms with Crippen molar-refractivity contribution in [2.75, 3.05) is 7.11 Å². The third-order valence-electron chi connectivity index (χ3n) is 2.73. The number of rotatable bonds is 5. The van der Waals surface area contributed by atoms with Gasteiger partial charge in [0, 0.05) is 13.5 Å². The smallest absolute Gasteiger partial charge is 0.336 e. The number of carbonyl (C=O) groups is 1. The Morgan fingerprint density at radius 1 is 1.47 bits per heavy atom. The van der Waals surface area contributed by atoms with Gasteiger partial charge >= 0.3 is 5.97 Å². The lowest BCUT2D eigenvalue weighted by Gasteiger charge is -2.04. The Morgan fingerprint density at radius 2 is 2.21 bits per heavy atom. The van der Waals surface area contributed by atoms with Gasteiger partial charge in [-0.25, -0.2) is 4.79 Å². The van der Waals surface area contributed by atoms with E-state index in [9.17, 15) is 4.79 Å². The van der Waals surface area contributed by atoms with Gasteiger partial charge in [0.25, 0.3) is 5.89 Å². The Labute approximate surface area is 110 Å². The molecule has 1 aromatic heterocycles. The molecule has 1 N–H and O–H groups in total. The maximum Gasteiger partial charge on any atom is 0.336 e. The highest BCUT2D eigenvalue weighted by molar-refractivity contribution is 5.94. The maximum atomic E-state index is 11.1. The van der Waals surface area contributed by atoms with Crippen LogP contribution in [0.25, 0.3) is 11.5 Å². The van der Waals surface area contributed by atoms with Crippen LogP contribution in [0.2, 0.25) is 0 Å². The lowest BCUT2D eigenvalue weighted by molar-refractivity contribution is 0.0697. The van der Waals surface area contributed by atoms with Crippen LogP contribution < -0.4 is 0 Å². The zero-order chi connectivity index (χ0) is 13.8. The van der Waals surface area contributed by atoms with E-state index in [-0.39, 0.29) is 17.6 Å². The first-order chi connectivity index (χ1) is 9.11. The predicted molar refractivity (Wildman–Crippen MR) is 66.9 cm³/mol.